The Balaban J connectivity index is 2.03. The summed E-state index contributed by atoms with van der Waals surface area (Å²) in [6.45, 7) is 1.62. The standard InChI is InChI=1S/C18H22N4O4S/c1-14(23)21-15-7-5-8-17(12-15)22(27(2,25)26)11-9-18(24)20-13-16-6-3-4-10-19-16/h3-8,10,12H,9,11,13H2,1-2H3,(H,20,24)(H,21,23). The van der Waals surface area contributed by atoms with Crippen LogP contribution in [0, 0.1) is 0 Å². The van der Waals surface area contributed by atoms with Crippen LogP contribution in [0.4, 0.5) is 11.4 Å². The first kappa shape index (κ1) is 20.4. The fourth-order valence-electron chi connectivity index (χ4n) is 2.41. The van der Waals surface area contributed by atoms with Crippen molar-refractivity contribution in [3.05, 3.63) is 54.4 Å². The van der Waals surface area contributed by atoms with E-state index in [0.717, 1.165) is 10.6 Å². The average Bonchev–Trinajstić information content (AvgIpc) is 2.59. The van der Waals surface area contributed by atoms with Gasteiger partial charge in [-0.15, -0.1) is 0 Å². The Bertz CT molecular complexity index is 901. The molecular weight excluding hydrogens is 368 g/mol. The maximum Gasteiger partial charge on any atom is 0.232 e. The second-order valence-corrected chi connectivity index (χ2v) is 7.82. The third-order valence-corrected chi connectivity index (χ3v) is 4.78. The maximum atomic E-state index is 12.2. The first-order valence-corrected chi connectivity index (χ1v) is 10.1. The Labute approximate surface area is 158 Å². The highest BCUT2D eigenvalue weighted by molar-refractivity contribution is 7.92. The van der Waals surface area contributed by atoms with Crippen molar-refractivity contribution in [1.82, 2.24) is 10.3 Å². The number of hydrogen-bond donors (Lipinski definition) is 2. The van der Waals surface area contributed by atoms with Crippen LogP contribution in [0.2, 0.25) is 0 Å². The first-order chi connectivity index (χ1) is 12.8. The molecule has 0 aliphatic heterocycles. The zero-order valence-electron chi connectivity index (χ0n) is 15.2. The summed E-state index contributed by atoms with van der Waals surface area (Å²) in [6.07, 6.45) is 2.70. The number of sulfonamides is 1. The fourth-order valence-corrected chi connectivity index (χ4v) is 3.33. The van der Waals surface area contributed by atoms with E-state index < -0.39 is 10.0 Å². The highest BCUT2D eigenvalue weighted by Gasteiger charge is 2.19. The van der Waals surface area contributed by atoms with Gasteiger partial charge in [0.05, 0.1) is 24.2 Å². The number of hydrogen-bond acceptors (Lipinski definition) is 5. The summed E-state index contributed by atoms with van der Waals surface area (Å²) < 4.78 is 25.4. The Morgan fingerprint density at radius 3 is 2.56 bits per heavy atom. The van der Waals surface area contributed by atoms with Crippen LogP contribution in [0.1, 0.15) is 19.0 Å². The number of carbonyl (C=O) groups excluding carboxylic acids is 2. The van der Waals surface area contributed by atoms with Gasteiger partial charge in [0.25, 0.3) is 0 Å². The lowest BCUT2D eigenvalue weighted by Crippen LogP contribution is -2.34. The van der Waals surface area contributed by atoms with Gasteiger partial charge < -0.3 is 10.6 Å². The molecule has 27 heavy (non-hydrogen) atoms. The molecule has 0 saturated carbocycles. The van der Waals surface area contributed by atoms with E-state index in [1.165, 1.54) is 6.92 Å². The molecule has 9 heteroatoms. The fraction of sp³-hybridized carbons (Fsp3) is 0.278. The van der Waals surface area contributed by atoms with E-state index in [-0.39, 0.29) is 31.3 Å². The smallest absolute Gasteiger partial charge is 0.232 e. The molecule has 2 aromatic rings. The molecule has 0 bridgehead atoms. The summed E-state index contributed by atoms with van der Waals surface area (Å²) in [5, 5.41) is 5.32. The Morgan fingerprint density at radius 1 is 1.15 bits per heavy atom. The number of anilines is 2. The van der Waals surface area contributed by atoms with E-state index in [4.69, 9.17) is 0 Å². The SMILES string of the molecule is CC(=O)Nc1cccc(N(CCC(=O)NCc2ccccn2)S(C)(=O)=O)c1. The molecule has 1 aromatic carbocycles. The van der Waals surface area contributed by atoms with Gasteiger partial charge in [0.2, 0.25) is 21.8 Å². The molecule has 0 spiro atoms. The van der Waals surface area contributed by atoms with Gasteiger partial charge in [-0.1, -0.05) is 12.1 Å². The first-order valence-electron chi connectivity index (χ1n) is 8.27. The lowest BCUT2D eigenvalue weighted by molar-refractivity contribution is -0.121. The molecule has 0 aliphatic rings. The molecule has 0 aliphatic carbocycles. The number of nitrogens with zero attached hydrogens (tertiary/aromatic N) is 2. The lowest BCUT2D eigenvalue weighted by Gasteiger charge is -2.22. The van der Waals surface area contributed by atoms with Crippen LogP contribution in [-0.4, -0.2) is 38.0 Å². The topological polar surface area (TPSA) is 108 Å². The molecular formula is C18H22N4O4S. The highest BCUT2D eigenvalue weighted by atomic mass is 32.2. The minimum Gasteiger partial charge on any atom is -0.350 e. The van der Waals surface area contributed by atoms with Gasteiger partial charge in [-0.05, 0) is 30.3 Å². The molecule has 0 unspecified atom stereocenters. The second-order valence-electron chi connectivity index (χ2n) is 5.91. The van der Waals surface area contributed by atoms with Gasteiger partial charge in [-0.25, -0.2) is 8.42 Å². The van der Waals surface area contributed by atoms with E-state index >= 15 is 0 Å². The van der Waals surface area contributed by atoms with Gasteiger partial charge in [-0.2, -0.15) is 0 Å². The number of pyridine rings is 1. The van der Waals surface area contributed by atoms with Crippen molar-refractivity contribution in [2.45, 2.75) is 19.9 Å². The van der Waals surface area contributed by atoms with Crippen LogP contribution < -0.4 is 14.9 Å². The summed E-state index contributed by atoms with van der Waals surface area (Å²) >= 11 is 0. The lowest BCUT2D eigenvalue weighted by atomic mass is 10.2. The van der Waals surface area contributed by atoms with E-state index in [2.05, 4.69) is 15.6 Å². The number of rotatable bonds is 8. The number of carbonyl (C=O) groups is 2. The number of benzene rings is 1. The number of nitrogens with one attached hydrogen (secondary N) is 2. The molecule has 2 N–H and O–H groups in total. The molecule has 2 rings (SSSR count). The zero-order valence-corrected chi connectivity index (χ0v) is 16.0. The van der Waals surface area contributed by atoms with Gasteiger partial charge >= 0.3 is 0 Å². The minimum absolute atomic E-state index is 0.00965. The normalized spacial score (nSPS) is 10.9. The van der Waals surface area contributed by atoms with Crippen molar-refractivity contribution >= 4 is 33.2 Å². The summed E-state index contributed by atoms with van der Waals surface area (Å²) in [6, 6.07) is 11.8. The van der Waals surface area contributed by atoms with E-state index in [0.29, 0.717) is 17.1 Å². The highest BCUT2D eigenvalue weighted by Crippen LogP contribution is 2.22. The molecule has 144 valence electrons. The van der Waals surface area contributed by atoms with Crippen molar-refractivity contribution in [2.24, 2.45) is 0 Å². The molecule has 0 atom stereocenters. The third-order valence-electron chi connectivity index (χ3n) is 3.59. The Morgan fingerprint density at radius 2 is 1.93 bits per heavy atom. The Kier molecular flexibility index (Phi) is 6.89. The van der Waals surface area contributed by atoms with Crippen LogP contribution in [0.15, 0.2) is 48.7 Å². The van der Waals surface area contributed by atoms with Crippen LogP contribution in [0.25, 0.3) is 0 Å². The van der Waals surface area contributed by atoms with Crippen molar-refractivity contribution in [1.29, 1.82) is 0 Å². The summed E-state index contributed by atoms with van der Waals surface area (Å²) in [7, 11) is -3.60. The van der Waals surface area contributed by atoms with Crippen LogP contribution in [0.3, 0.4) is 0 Å². The zero-order chi connectivity index (χ0) is 19.9. The van der Waals surface area contributed by atoms with Gasteiger partial charge in [-0.3, -0.25) is 18.9 Å². The van der Waals surface area contributed by atoms with E-state index in [9.17, 15) is 18.0 Å². The predicted molar refractivity (Wildman–Crippen MR) is 104 cm³/mol. The molecule has 1 aromatic heterocycles. The average molecular weight is 390 g/mol. The summed E-state index contributed by atoms with van der Waals surface area (Å²) in [4.78, 5) is 27.4. The second kappa shape index (κ2) is 9.13. The maximum absolute atomic E-state index is 12.2. The molecule has 0 fully saturated rings. The Hall–Kier alpha value is -2.94. The number of amides is 2. The van der Waals surface area contributed by atoms with Crippen LogP contribution in [0.5, 0.6) is 0 Å². The molecule has 0 radical (unpaired) electrons. The monoisotopic (exact) mass is 390 g/mol. The van der Waals surface area contributed by atoms with E-state index in [1.807, 2.05) is 6.07 Å². The summed E-state index contributed by atoms with van der Waals surface area (Å²) in [5.74, 6) is -0.542. The van der Waals surface area contributed by atoms with Gasteiger partial charge in [0, 0.05) is 31.8 Å². The molecule has 2 amide bonds. The van der Waals surface area contributed by atoms with Crippen LogP contribution in [-0.2, 0) is 26.2 Å². The molecule has 1 heterocycles. The molecule has 8 nitrogen and oxygen atoms in total. The van der Waals surface area contributed by atoms with Crippen LogP contribution >= 0.6 is 0 Å². The largest absolute Gasteiger partial charge is 0.350 e. The van der Waals surface area contributed by atoms with Crippen molar-refractivity contribution in [2.75, 3.05) is 22.4 Å². The number of aromatic nitrogens is 1. The van der Waals surface area contributed by atoms with Crippen molar-refractivity contribution in [3.63, 3.8) is 0 Å². The predicted octanol–water partition coefficient (Wildman–Crippen LogP) is 1.51. The quantitative estimate of drug-likeness (QED) is 0.710. The van der Waals surface area contributed by atoms with E-state index in [1.54, 1.807) is 42.6 Å². The van der Waals surface area contributed by atoms with Gasteiger partial charge in [0.15, 0.2) is 0 Å². The summed E-state index contributed by atoms with van der Waals surface area (Å²) in [5.41, 5.74) is 1.57. The van der Waals surface area contributed by atoms with Gasteiger partial charge in [0.1, 0.15) is 0 Å². The minimum atomic E-state index is -3.60. The van der Waals surface area contributed by atoms with Crippen molar-refractivity contribution < 1.29 is 18.0 Å². The van der Waals surface area contributed by atoms with Crippen molar-refractivity contribution in [3.8, 4) is 0 Å². The molecule has 0 saturated heterocycles. The third kappa shape index (κ3) is 6.70.